The molecule has 1 fully saturated rings. The van der Waals surface area contributed by atoms with Gasteiger partial charge in [0, 0.05) is 32.4 Å². The highest BCUT2D eigenvalue weighted by Gasteiger charge is 2.22. The van der Waals surface area contributed by atoms with Crippen LogP contribution in [-0.2, 0) is 11.3 Å². The molecule has 1 aromatic rings. The van der Waals surface area contributed by atoms with Crippen molar-refractivity contribution in [2.24, 2.45) is 5.73 Å². The molecule has 18 heavy (non-hydrogen) atoms. The van der Waals surface area contributed by atoms with Gasteiger partial charge >= 0.3 is 0 Å². The maximum absolute atomic E-state index is 5.86. The Morgan fingerprint density at radius 1 is 1.56 bits per heavy atom. The van der Waals surface area contributed by atoms with E-state index in [1.807, 2.05) is 6.07 Å². The van der Waals surface area contributed by atoms with Gasteiger partial charge < -0.3 is 15.4 Å². The molecule has 1 atom stereocenters. The monoisotopic (exact) mass is 249 g/mol. The maximum Gasteiger partial charge on any atom is 0.0772 e. The van der Waals surface area contributed by atoms with E-state index in [9.17, 15) is 0 Å². The fourth-order valence-electron chi connectivity index (χ4n) is 2.45. The summed E-state index contributed by atoms with van der Waals surface area (Å²) in [5.74, 6) is 0. The van der Waals surface area contributed by atoms with Crippen LogP contribution in [0.2, 0.25) is 0 Å². The van der Waals surface area contributed by atoms with E-state index in [0.717, 1.165) is 38.2 Å². The highest BCUT2D eigenvalue weighted by Crippen LogP contribution is 2.23. The minimum Gasteiger partial charge on any atom is -0.376 e. The second-order valence-corrected chi connectivity index (χ2v) is 4.75. The minimum atomic E-state index is 0.351. The predicted molar refractivity (Wildman–Crippen MR) is 73.6 cm³/mol. The maximum atomic E-state index is 5.86. The summed E-state index contributed by atoms with van der Waals surface area (Å²) in [6.07, 6.45) is 5.57. The number of piperidine rings is 1. The summed E-state index contributed by atoms with van der Waals surface area (Å²) in [5, 5.41) is 0. The number of hydrogen-bond donors (Lipinski definition) is 1. The largest absolute Gasteiger partial charge is 0.376 e. The van der Waals surface area contributed by atoms with Crippen LogP contribution >= 0.6 is 0 Å². The van der Waals surface area contributed by atoms with Crippen LogP contribution in [0.5, 0.6) is 0 Å². The zero-order valence-corrected chi connectivity index (χ0v) is 11.1. The second kappa shape index (κ2) is 6.71. The summed E-state index contributed by atoms with van der Waals surface area (Å²) in [6.45, 7) is 5.53. The van der Waals surface area contributed by atoms with Crippen LogP contribution in [0, 0.1) is 0 Å². The first-order valence-electron chi connectivity index (χ1n) is 6.85. The van der Waals surface area contributed by atoms with E-state index in [1.54, 1.807) is 6.20 Å². The number of nitrogens with zero attached hydrogens (tertiary/aromatic N) is 2. The summed E-state index contributed by atoms with van der Waals surface area (Å²) in [6, 6.07) is 4.09. The van der Waals surface area contributed by atoms with E-state index >= 15 is 0 Å². The first-order valence-corrected chi connectivity index (χ1v) is 6.85. The third-order valence-corrected chi connectivity index (χ3v) is 3.34. The van der Waals surface area contributed by atoms with Crippen molar-refractivity contribution in [1.29, 1.82) is 0 Å². The van der Waals surface area contributed by atoms with E-state index in [0.29, 0.717) is 12.6 Å². The highest BCUT2D eigenvalue weighted by molar-refractivity contribution is 5.50. The van der Waals surface area contributed by atoms with E-state index in [1.165, 1.54) is 12.1 Å². The smallest absolute Gasteiger partial charge is 0.0772 e. The fraction of sp³-hybridized carbons (Fsp3) is 0.643. The van der Waals surface area contributed by atoms with Gasteiger partial charge in [-0.05, 0) is 31.4 Å². The SMILES string of the molecule is CCCOC1CCCN(c2cccnc2CN)C1. The Labute approximate surface area is 109 Å². The molecule has 1 aliphatic heterocycles. The molecule has 0 aliphatic carbocycles. The molecule has 100 valence electrons. The van der Waals surface area contributed by atoms with Gasteiger partial charge in [0.15, 0.2) is 0 Å². The van der Waals surface area contributed by atoms with Crippen molar-refractivity contribution < 1.29 is 4.74 Å². The van der Waals surface area contributed by atoms with Crippen molar-refractivity contribution in [2.45, 2.75) is 38.8 Å². The molecule has 0 spiro atoms. The Morgan fingerprint density at radius 3 is 3.22 bits per heavy atom. The molecule has 1 aliphatic rings. The second-order valence-electron chi connectivity index (χ2n) is 4.75. The number of hydrogen-bond acceptors (Lipinski definition) is 4. The van der Waals surface area contributed by atoms with Crippen LogP contribution in [-0.4, -0.2) is 30.8 Å². The first-order chi connectivity index (χ1) is 8.85. The lowest BCUT2D eigenvalue weighted by atomic mass is 10.1. The molecule has 1 saturated heterocycles. The summed E-state index contributed by atoms with van der Waals surface area (Å²) >= 11 is 0. The number of anilines is 1. The van der Waals surface area contributed by atoms with Gasteiger partial charge in [-0.25, -0.2) is 0 Å². The van der Waals surface area contributed by atoms with Crippen molar-refractivity contribution in [3.05, 3.63) is 24.0 Å². The molecule has 0 saturated carbocycles. The molecule has 2 heterocycles. The van der Waals surface area contributed by atoms with Crippen molar-refractivity contribution in [2.75, 3.05) is 24.6 Å². The van der Waals surface area contributed by atoms with Gasteiger partial charge in [0.1, 0.15) is 0 Å². The van der Waals surface area contributed by atoms with Crippen LogP contribution in [0.15, 0.2) is 18.3 Å². The zero-order chi connectivity index (χ0) is 12.8. The minimum absolute atomic E-state index is 0.351. The van der Waals surface area contributed by atoms with Crippen molar-refractivity contribution >= 4 is 5.69 Å². The predicted octanol–water partition coefficient (Wildman–Crippen LogP) is 1.94. The summed E-state index contributed by atoms with van der Waals surface area (Å²) in [4.78, 5) is 6.71. The third-order valence-electron chi connectivity index (χ3n) is 3.34. The average molecular weight is 249 g/mol. The third kappa shape index (κ3) is 3.21. The van der Waals surface area contributed by atoms with Gasteiger partial charge in [-0.15, -0.1) is 0 Å². The van der Waals surface area contributed by atoms with Gasteiger partial charge in [-0.2, -0.15) is 0 Å². The molecule has 2 N–H and O–H groups in total. The molecular formula is C14H23N3O. The molecular weight excluding hydrogens is 226 g/mol. The number of nitrogens with two attached hydrogens (primary N) is 1. The Kier molecular flexibility index (Phi) is 4.96. The van der Waals surface area contributed by atoms with E-state index in [4.69, 9.17) is 10.5 Å². The molecule has 1 aromatic heterocycles. The molecule has 0 amide bonds. The van der Waals surface area contributed by atoms with Gasteiger partial charge in [0.2, 0.25) is 0 Å². The average Bonchev–Trinajstić information content (AvgIpc) is 2.45. The Balaban J connectivity index is 2.03. The zero-order valence-electron chi connectivity index (χ0n) is 11.1. The topological polar surface area (TPSA) is 51.4 Å². The Bertz CT molecular complexity index is 370. The van der Waals surface area contributed by atoms with Crippen molar-refractivity contribution in [1.82, 2.24) is 4.98 Å². The van der Waals surface area contributed by atoms with Gasteiger partial charge in [0.05, 0.1) is 17.5 Å². The van der Waals surface area contributed by atoms with Crippen LogP contribution in [0.3, 0.4) is 0 Å². The number of pyridine rings is 1. The Morgan fingerprint density at radius 2 is 2.44 bits per heavy atom. The lowest BCUT2D eigenvalue weighted by Gasteiger charge is -2.35. The number of aromatic nitrogens is 1. The quantitative estimate of drug-likeness (QED) is 0.866. The van der Waals surface area contributed by atoms with E-state index in [2.05, 4.69) is 22.9 Å². The van der Waals surface area contributed by atoms with Crippen molar-refractivity contribution in [3.63, 3.8) is 0 Å². The normalized spacial score (nSPS) is 20.1. The van der Waals surface area contributed by atoms with Gasteiger partial charge in [-0.1, -0.05) is 6.92 Å². The lowest BCUT2D eigenvalue weighted by Crippen LogP contribution is -2.40. The summed E-state index contributed by atoms with van der Waals surface area (Å²) in [7, 11) is 0. The number of ether oxygens (including phenoxy) is 1. The van der Waals surface area contributed by atoms with Gasteiger partial charge in [-0.3, -0.25) is 4.98 Å². The summed E-state index contributed by atoms with van der Waals surface area (Å²) in [5.41, 5.74) is 7.90. The van der Waals surface area contributed by atoms with Crippen LogP contribution in [0.25, 0.3) is 0 Å². The molecule has 4 nitrogen and oxygen atoms in total. The molecule has 0 aromatic carbocycles. The summed E-state index contributed by atoms with van der Waals surface area (Å²) < 4.78 is 5.86. The molecule has 2 rings (SSSR count). The highest BCUT2D eigenvalue weighted by atomic mass is 16.5. The molecule has 0 bridgehead atoms. The van der Waals surface area contributed by atoms with E-state index < -0.39 is 0 Å². The molecule has 1 unspecified atom stereocenters. The van der Waals surface area contributed by atoms with Crippen LogP contribution in [0.1, 0.15) is 31.9 Å². The fourth-order valence-corrected chi connectivity index (χ4v) is 2.45. The van der Waals surface area contributed by atoms with Gasteiger partial charge in [0.25, 0.3) is 0 Å². The molecule has 4 heteroatoms. The number of rotatable bonds is 5. The van der Waals surface area contributed by atoms with Crippen LogP contribution < -0.4 is 10.6 Å². The first kappa shape index (κ1) is 13.3. The molecule has 0 radical (unpaired) electrons. The van der Waals surface area contributed by atoms with E-state index in [-0.39, 0.29) is 0 Å². The Hall–Kier alpha value is -1.13. The lowest BCUT2D eigenvalue weighted by molar-refractivity contribution is 0.0440. The van der Waals surface area contributed by atoms with Crippen molar-refractivity contribution in [3.8, 4) is 0 Å². The standard InChI is InChI=1S/C14H23N3O/c1-2-9-18-12-5-4-8-17(11-12)14-6-3-7-16-13(14)10-15/h3,6-7,12H,2,4-5,8-11,15H2,1H3. The van der Waals surface area contributed by atoms with Crippen LogP contribution in [0.4, 0.5) is 5.69 Å².